The summed E-state index contributed by atoms with van der Waals surface area (Å²) in [7, 11) is 0. The molecule has 0 N–H and O–H groups in total. The summed E-state index contributed by atoms with van der Waals surface area (Å²) in [4.78, 5) is 4.67. The molecule has 0 saturated heterocycles. The summed E-state index contributed by atoms with van der Waals surface area (Å²) in [5.41, 5.74) is 6.40. The average molecular weight is 430 g/mol. The zero-order valence-electron chi connectivity index (χ0n) is 20.0. The first-order valence-corrected chi connectivity index (χ1v) is 12.5. The molecule has 0 radical (unpaired) electrons. The Kier molecular flexibility index (Phi) is 10.3. The number of aryl methyl sites for hydroxylation is 3. The summed E-state index contributed by atoms with van der Waals surface area (Å²) >= 11 is 0. The normalized spacial score (nSPS) is 10.9. The molecule has 3 aromatic rings. The maximum atomic E-state index is 5.82. The molecule has 2 heteroatoms. The lowest BCUT2D eigenvalue weighted by atomic mass is 10.0. The molecule has 0 fully saturated rings. The van der Waals surface area contributed by atoms with E-state index in [-0.39, 0.29) is 0 Å². The van der Waals surface area contributed by atoms with Crippen LogP contribution < -0.4 is 4.74 Å². The minimum absolute atomic E-state index is 0.805. The van der Waals surface area contributed by atoms with E-state index in [9.17, 15) is 0 Å². The van der Waals surface area contributed by atoms with Crippen molar-refractivity contribution in [2.75, 3.05) is 6.61 Å². The summed E-state index contributed by atoms with van der Waals surface area (Å²) in [5.74, 6) is 0.960. The fourth-order valence-electron chi connectivity index (χ4n) is 3.92. The molecule has 0 saturated carbocycles. The van der Waals surface area contributed by atoms with Crippen LogP contribution in [0.15, 0.2) is 66.9 Å². The van der Waals surface area contributed by atoms with E-state index in [2.05, 4.69) is 85.7 Å². The van der Waals surface area contributed by atoms with E-state index in [0.717, 1.165) is 38.0 Å². The van der Waals surface area contributed by atoms with Crippen LogP contribution in [0, 0.1) is 0 Å². The molecule has 0 atom stereocenters. The van der Waals surface area contributed by atoms with Gasteiger partial charge in [0, 0.05) is 11.9 Å². The summed E-state index contributed by atoms with van der Waals surface area (Å²) in [6, 6.07) is 21.9. The number of ether oxygens (including phenoxy) is 1. The van der Waals surface area contributed by atoms with Crippen LogP contribution in [0.5, 0.6) is 5.75 Å². The molecule has 0 aliphatic heterocycles. The summed E-state index contributed by atoms with van der Waals surface area (Å²) < 4.78 is 5.82. The zero-order chi connectivity index (χ0) is 22.4. The highest BCUT2D eigenvalue weighted by Crippen LogP contribution is 2.23. The summed E-state index contributed by atoms with van der Waals surface area (Å²) in [5, 5.41) is 0. The second kappa shape index (κ2) is 13.7. The number of nitrogens with zero attached hydrogens (tertiary/aromatic N) is 1. The van der Waals surface area contributed by atoms with Crippen LogP contribution in [0.2, 0.25) is 0 Å². The topological polar surface area (TPSA) is 22.1 Å². The van der Waals surface area contributed by atoms with Gasteiger partial charge in [-0.3, -0.25) is 4.98 Å². The van der Waals surface area contributed by atoms with Crippen LogP contribution in [0.1, 0.15) is 75.6 Å². The minimum atomic E-state index is 0.805. The number of rotatable bonds is 14. The largest absolute Gasteiger partial charge is 0.494 e. The molecule has 32 heavy (non-hydrogen) atoms. The van der Waals surface area contributed by atoms with Crippen molar-refractivity contribution in [2.45, 2.75) is 78.1 Å². The van der Waals surface area contributed by atoms with Gasteiger partial charge in [0.05, 0.1) is 6.61 Å². The third-order valence-electron chi connectivity index (χ3n) is 6.03. The molecule has 0 spiro atoms. The lowest BCUT2D eigenvalue weighted by molar-refractivity contribution is 0.306. The smallest absolute Gasteiger partial charge is 0.119 e. The molecule has 2 nitrogen and oxygen atoms in total. The van der Waals surface area contributed by atoms with Crippen LogP contribution in [-0.2, 0) is 19.3 Å². The van der Waals surface area contributed by atoms with E-state index in [1.165, 1.54) is 66.5 Å². The van der Waals surface area contributed by atoms with Gasteiger partial charge in [0.15, 0.2) is 0 Å². The van der Waals surface area contributed by atoms with Crippen molar-refractivity contribution in [2.24, 2.45) is 0 Å². The SMILES string of the molecule is CCCCCCc1ccc(CCc2ccc(-c3ccc(OCCCCC)cc3)cc2)cn1. The van der Waals surface area contributed by atoms with E-state index in [1.807, 2.05) is 0 Å². The molecule has 3 rings (SSSR count). The highest BCUT2D eigenvalue weighted by molar-refractivity contribution is 5.64. The van der Waals surface area contributed by atoms with Crippen molar-refractivity contribution < 1.29 is 4.74 Å². The number of unbranched alkanes of at least 4 members (excludes halogenated alkanes) is 5. The van der Waals surface area contributed by atoms with Crippen molar-refractivity contribution in [3.8, 4) is 16.9 Å². The molecular formula is C30H39NO. The molecule has 2 aromatic carbocycles. The highest BCUT2D eigenvalue weighted by Gasteiger charge is 2.02. The lowest BCUT2D eigenvalue weighted by Gasteiger charge is -2.08. The molecule has 1 aromatic heterocycles. The quantitative estimate of drug-likeness (QED) is 0.241. The Bertz CT molecular complexity index is 882. The molecule has 170 valence electrons. The predicted octanol–water partition coefficient (Wildman–Crippen LogP) is 8.23. The highest BCUT2D eigenvalue weighted by atomic mass is 16.5. The van der Waals surface area contributed by atoms with Gasteiger partial charge in [-0.1, -0.05) is 88.4 Å². The maximum Gasteiger partial charge on any atom is 0.119 e. The van der Waals surface area contributed by atoms with Crippen molar-refractivity contribution in [3.63, 3.8) is 0 Å². The van der Waals surface area contributed by atoms with E-state index in [1.54, 1.807) is 0 Å². The predicted molar refractivity (Wildman–Crippen MR) is 136 cm³/mol. The number of benzene rings is 2. The van der Waals surface area contributed by atoms with Crippen LogP contribution >= 0.6 is 0 Å². The van der Waals surface area contributed by atoms with E-state index in [0.29, 0.717) is 0 Å². The van der Waals surface area contributed by atoms with Crippen molar-refractivity contribution in [3.05, 3.63) is 83.7 Å². The van der Waals surface area contributed by atoms with Crippen LogP contribution in [-0.4, -0.2) is 11.6 Å². The number of hydrogen-bond acceptors (Lipinski definition) is 2. The minimum Gasteiger partial charge on any atom is -0.494 e. The molecule has 0 amide bonds. The first-order chi connectivity index (χ1) is 15.8. The first kappa shape index (κ1) is 24.0. The third-order valence-corrected chi connectivity index (χ3v) is 6.03. The Labute approximate surface area is 195 Å². The Balaban J connectivity index is 1.45. The van der Waals surface area contributed by atoms with Crippen LogP contribution in [0.3, 0.4) is 0 Å². The molecule has 0 aliphatic rings. The Morgan fingerprint density at radius 2 is 1.22 bits per heavy atom. The molecular weight excluding hydrogens is 390 g/mol. The third kappa shape index (κ3) is 8.15. The fraction of sp³-hybridized carbons (Fsp3) is 0.433. The van der Waals surface area contributed by atoms with E-state index >= 15 is 0 Å². The van der Waals surface area contributed by atoms with Gasteiger partial charge in [-0.15, -0.1) is 0 Å². The van der Waals surface area contributed by atoms with Gasteiger partial charge < -0.3 is 4.74 Å². The standard InChI is InChI=1S/C30H39NO/c1-3-5-7-8-10-29-20-15-26(24-31-29)12-11-25-13-16-27(17-14-25)28-18-21-30(22-19-28)32-23-9-6-4-2/h13-22,24H,3-12,23H2,1-2H3. The Morgan fingerprint density at radius 1 is 0.594 bits per heavy atom. The molecule has 0 unspecified atom stereocenters. The first-order valence-electron chi connectivity index (χ1n) is 12.5. The summed E-state index contributed by atoms with van der Waals surface area (Å²) in [6.07, 6.45) is 14.0. The zero-order valence-corrected chi connectivity index (χ0v) is 20.0. The van der Waals surface area contributed by atoms with E-state index in [4.69, 9.17) is 4.74 Å². The van der Waals surface area contributed by atoms with Crippen LogP contribution in [0.25, 0.3) is 11.1 Å². The van der Waals surface area contributed by atoms with Gasteiger partial charge >= 0.3 is 0 Å². The molecule has 0 bridgehead atoms. The number of aromatic nitrogens is 1. The molecule has 1 heterocycles. The second-order valence-corrected chi connectivity index (χ2v) is 8.75. The lowest BCUT2D eigenvalue weighted by Crippen LogP contribution is -1.96. The van der Waals surface area contributed by atoms with Crippen molar-refractivity contribution >= 4 is 0 Å². The fourth-order valence-corrected chi connectivity index (χ4v) is 3.92. The van der Waals surface area contributed by atoms with Crippen molar-refractivity contribution in [1.82, 2.24) is 4.98 Å². The van der Waals surface area contributed by atoms with Gasteiger partial charge in [-0.25, -0.2) is 0 Å². The van der Waals surface area contributed by atoms with Crippen LogP contribution in [0.4, 0.5) is 0 Å². The molecule has 0 aliphatic carbocycles. The maximum absolute atomic E-state index is 5.82. The van der Waals surface area contributed by atoms with Gasteiger partial charge in [0.2, 0.25) is 0 Å². The average Bonchev–Trinajstić information content (AvgIpc) is 2.85. The van der Waals surface area contributed by atoms with Gasteiger partial charge in [0.1, 0.15) is 5.75 Å². The van der Waals surface area contributed by atoms with Gasteiger partial charge in [-0.2, -0.15) is 0 Å². The Hall–Kier alpha value is -2.61. The number of pyridine rings is 1. The van der Waals surface area contributed by atoms with Crippen molar-refractivity contribution in [1.29, 1.82) is 0 Å². The van der Waals surface area contributed by atoms with Gasteiger partial charge in [-0.05, 0) is 72.6 Å². The van der Waals surface area contributed by atoms with E-state index < -0.39 is 0 Å². The second-order valence-electron chi connectivity index (χ2n) is 8.75. The monoisotopic (exact) mass is 429 g/mol. The van der Waals surface area contributed by atoms with Gasteiger partial charge in [0.25, 0.3) is 0 Å². The Morgan fingerprint density at radius 3 is 1.88 bits per heavy atom. The number of hydrogen-bond donors (Lipinski definition) is 0. The summed E-state index contributed by atoms with van der Waals surface area (Å²) in [6.45, 7) is 5.27.